The second-order valence-corrected chi connectivity index (χ2v) is 7.92. The lowest BCUT2D eigenvalue weighted by atomic mass is 10.3. The van der Waals surface area contributed by atoms with E-state index in [1.54, 1.807) is 11.6 Å². The number of sulfonamides is 1. The highest BCUT2D eigenvalue weighted by Gasteiger charge is 2.16. The van der Waals surface area contributed by atoms with Crippen molar-refractivity contribution in [2.24, 2.45) is 7.05 Å². The highest BCUT2D eigenvalue weighted by Crippen LogP contribution is 2.16. The van der Waals surface area contributed by atoms with Gasteiger partial charge < -0.3 is 9.88 Å². The van der Waals surface area contributed by atoms with Gasteiger partial charge in [-0.15, -0.1) is 10.2 Å². The monoisotopic (exact) mass is 369 g/mol. The van der Waals surface area contributed by atoms with Crippen molar-refractivity contribution < 1.29 is 13.2 Å². The Bertz CT molecular complexity index is 815. The van der Waals surface area contributed by atoms with E-state index in [-0.39, 0.29) is 17.3 Å². The average Bonchev–Trinajstić information content (AvgIpc) is 2.86. The Balaban J connectivity index is 2.07. The highest BCUT2D eigenvalue weighted by atomic mass is 32.2. The molecule has 0 aliphatic rings. The van der Waals surface area contributed by atoms with Crippen LogP contribution >= 0.6 is 11.8 Å². The number of nitrogens with zero attached hydrogens (tertiary/aromatic N) is 3. The molecule has 0 saturated carbocycles. The number of aromatic nitrogens is 3. The normalized spacial score (nSPS) is 11.5. The van der Waals surface area contributed by atoms with Crippen molar-refractivity contribution in [1.29, 1.82) is 0 Å². The van der Waals surface area contributed by atoms with Gasteiger partial charge in [-0.25, -0.2) is 13.1 Å². The maximum Gasteiger partial charge on any atom is 0.240 e. The van der Waals surface area contributed by atoms with Crippen molar-refractivity contribution in [3.63, 3.8) is 0 Å². The minimum atomic E-state index is -3.67. The number of rotatable bonds is 7. The minimum absolute atomic E-state index is 0.0452. The third-order valence-corrected chi connectivity index (χ3v) is 5.42. The molecule has 8 nitrogen and oxygen atoms in total. The van der Waals surface area contributed by atoms with E-state index in [9.17, 15) is 13.2 Å². The molecule has 0 aliphatic heterocycles. The van der Waals surface area contributed by atoms with E-state index < -0.39 is 10.0 Å². The van der Waals surface area contributed by atoms with E-state index in [0.29, 0.717) is 11.5 Å². The van der Waals surface area contributed by atoms with Gasteiger partial charge in [-0.3, -0.25) is 4.79 Å². The Labute approximate surface area is 145 Å². The van der Waals surface area contributed by atoms with Gasteiger partial charge >= 0.3 is 0 Å². The maximum absolute atomic E-state index is 12.3. The van der Waals surface area contributed by atoms with Crippen LogP contribution in [0.1, 0.15) is 19.7 Å². The molecular weight excluding hydrogens is 350 g/mol. The molecule has 0 unspecified atom stereocenters. The molecule has 0 aliphatic carbocycles. The number of nitrogens with one attached hydrogen (secondary N) is 2. The molecule has 2 aromatic rings. The zero-order chi connectivity index (χ0) is 17.7. The van der Waals surface area contributed by atoms with Crippen LogP contribution < -0.4 is 10.0 Å². The summed E-state index contributed by atoms with van der Waals surface area (Å²) in [5.74, 6) is 1.18. The number of benzene rings is 1. The second kappa shape index (κ2) is 7.77. The standard InChI is InChI=1S/C14H19N5O3S2/c1-4-23-14-18-17-13(19(14)3)9-15-24(21,22)12-7-5-11(6-8-12)16-10(2)20/h5-8,15H,4,9H2,1-3H3,(H,16,20). The maximum atomic E-state index is 12.3. The molecule has 2 N–H and O–H groups in total. The molecule has 1 amide bonds. The van der Waals surface area contributed by atoms with Gasteiger partial charge in [0.15, 0.2) is 5.16 Å². The van der Waals surface area contributed by atoms with Crippen molar-refractivity contribution in [3.8, 4) is 0 Å². The summed E-state index contributed by atoms with van der Waals surface area (Å²) in [6, 6.07) is 5.94. The van der Waals surface area contributed by atoms with E-state index in [0.717, 1.165) is 10.9 Å². The minimum Gasteiger partial charge on any atom is -0.326 e. The van der Waals surface area contributed by atoms with E-state index in [1.807, 2.05) is 6.92 Å². The van der Waals surface area contributed by atoms with Gasteiger partial charge in [0.1, 0.15) is 5.82 Å². The molecule has 0 spiro atoms. The molecule has 0 bridgehead atoms. The summed E-state index contributed by atoms with van der Waals surface area (Å²) in [5, 5.41) is 11.3. The Kier molecular flexibility index (Phi) is 5.97. The molecule has 10 heteroatoms. The fourth-order valence-electron chi connectivity index (χ4n) is 1.92. The van der Waals surface area contributed by atoms with Crippen molar-refractivity contribution in [3.05, 3.63) is 30.1 Å². The Morgan fingerprint density at radius 3 is 2.50 bits per heavy atom. The number of thioether (sulfide) groups is 1. The molecule has 0 saturated heterocycles. The number of hydrogen-bond donors (Lipinski definition) is 2. The Morgan fingerprint density at radius 1 is 1.25 bits per heavy atom. The summed E-state index contributed by atoms with van der Waals surface area (Å²) in [7, 11) is -1.88. The number of carbonyl (C=O) groups is 1. The van der Waals surface area contributed by atoms with Gasteiger partial charge in [0.2, 0.25) is 15.9 Å². The number of amides is 1. The summed E-state index contributed by atoms with van der Waals surface area (Å²) >= 11 is 1.54. The van der Waals surface area contributed by atoms with Crippen molar-refractivity contribution in [1.82, 2.24) is 19.5 Å². The van der Waals surface area contributed by atoms with Crippen molar-refractivity contribution in [2.75, 3.05) is 11.1 Å². The van der Waals surface area contributed by atoms with Crippen LogP contribution in [-0.4, -0.2) is 34.8 Å². The van der Waals surface area contributed by atoms with Gasteiger partial charge in [-0.2, -0.15) is 0 Å². The molecule has 24 heavy (non-hydrogen) atoms. The second-order valence-electron chi connectivity index (χ2n) is 4.92. The zero-order valence-electron chi connectivity index (χ0n) is 13.6. The lowest BCUT2D eigenvalue weighted by Gasteiger charge is -2.08. The quantitative estimate of drug-likeness (QED) is 0.714. The van der Waals surface area contributed by atoms with Crippen LogP contribution in [0.5, 0.6) is 0 Å². The van der Waals surface area contributed by atoms with Gasteiger partial charge in [0.05, 0.1) is 11.4 Å². The predicted molar refractivity (Wildman–Crippen MR) is 92.2 cm³/mol. The molecular formula is C14H19N5O3S2. The topological polar surface area (TPSA) is 106 Å². The van der Waals surface area contributed by atoms with Crippen LogP contribution in [0.4, 0.5) is 5.69 Å². The first-order valence-corrected chi connectivity index (χ1v) is 9.68. The summed E-state index contributed by atoms with van der Waals surface area (Å²) in [4.78, 5) is 11.1. The fourth-order valence-corrected chi connectivity index (χ4v) is 3.55. The van der Waals surface area contributed by atoms with Gasteiger partial charge in [-0.05, 0) is 30.0 Å². The summed E-state index contributed by atoms with van der Waals surface area (Å²) in [6.07, 6.45) is 0. The largest absolute Gasteiger partial charge is 0.326 e. The molecule has 130 valence electrons. The third kappa shape index (κ3) is 4.56. The van der Waals surface area contributed by atoms with Crippen LogP contribution in [0, 0.1) is 0 Å². The van der Waals surface area contributed by atoms with Gasteiger partial charge in [0.25, 0.3) is 0 Å². The molecule has 1 aromatic heterocycles. The lowest BCUT2D eigenvalue weighted by molar-refractivity contribution is -0.114. The van der Waals surface area contributed by atoms with E-state index in [2.05, 4.69) is 20.2 Å². The number of anilines is 1. The average molecular weight is 369 g/mol. The summed E-state index contributed by atoms with van der Waals surface area (Å²) < 4.78 is 28.9. The Morgan fingerprint density at radius 2 is 1.92 bits per heavy atom. The first-order valence-electron chi connectivity index (χ1n) is 7.22. The van der Waals surface area contributed by atoms with Crippen molar-refractivity contribution in [2.45, 2.75) is 30.4 Å². The van der Waals surface area contributed by atoms with Crippen LogP contribution in [0.15, 0.2) is 34.3 Å². The van der Waals surface area contributed by atoms with Crippen LogP contribution in [0.25, 0.3) is 0 Å². The molecule has 1 aromatic carbocycles. The van der Waals surface area contributed by atoms with Crippen LogP contribution in [-0.2, 0) is 28.4 Å². The van der Waals surface area contributed by atoms with E-state index in [1.165, 1.54) is 43.0 Å². The van der Waals surface area contributed by atoms with Gasteiger partial charge in [-0.1, -0.05) is 18.7 Å². The molecule has 0 fully saturated rings. The van der Waals surface area contributed by atoms with Crippen LogP contribution in [0.3, 0.4) is 0 Å². The third-order valence-electron chi connectivity index (χ3n) is 3.10. The first kappa shape index (κ1) is 18.4. The lowest BCUT2D eigenvalue weighted by Crippen LogP contribution is -2.24. The Hall–Kier alpha value is -1.91. The molecule has 1 heterocycles. The number of hydrogen-bond acceptors (Lipinski definition) is 6. The summed E-state index contributed by atoms with van der Waals surface area (Å²) in [6.45, 7) is 3.44. The number of carbonyl (C=O) groups excluding carboxylic acids is 1. The highest BCUT2D eigenvalue weighted by molar-refractivity contribution is 7.99. The summed E-state index contributed by atoms with van der Waals surface area (Å²) in [5.41, 5.74) is 0.538. The van der Waals surface area contributed by atoms with Crippen LogP contribution in [0.2, 0.25) is 0 Å². The molecule has 2 rings (SSSR count). The fraction of sp³-hybridized carbons (Fsp3) is 0.357. The smallest absolute Gasteiger partial charge is 0.240 e. The predicted octanol–water partition coefficient (Wildman–Crippen LogP) is 1.36. The molecule has 0 atom stereocenters. The first-order chi connectivity index (χ1) is 11.3. The SMILES string of the molecule is CCSc1nnc(CNS(=O)(=O)c2ccc(NC(C)=O)cc2)n1C. The van der Waals surface area contributed by atoms with E-state index in [4.69, 9.17) is 0 Å². The van der Waals surface area contributed by atoms with Crippen molar-refractivity contribution >= 4 is 33.4 Å². The zero-order valence-corrected chi connectivity index (χ0v) is 15.2. The van der Waals surface area contributed by atoms with Gasteiger partial charge in [0, 0.05) is 19.7 Å². The van der Waals surface area contributed by atoms with E-state index >= 15 is 0 Å². The molecule has 0 radical (unpaired) electrons.